The van der Waals surface area contributed by atoms with Crippen LogP contribution in [0.1, 0.15) is 5.56 Å². The molecule has 90 valence electrons. The summed E-state index contributed by atoms with van der Waals surface area (Å²) in [6.45, 7) is 0. The van der Waals surface area contributed by atoms with E-state index < -0.39 is 11.6 Å². The Morgan fingerprint density at radius 1 is 1.22 bits per heavy atom. The fourth-order valence-corrected chi connectivity index (χ4v) is 1.38. The minimum absolute atomic E-state index is 0.111. The molecule has 18 heavy (non-hydrogen) atoms. The summed E-state index contributed by atoms with van der Waals surface area (Å²) in [5.74, 6) is -2.18. The van der Waals surface area contributed by atoms with Gasteiger partial charge in [-0.05, 0) is 24.3 Å². The van der Waals surface area contributed by atoms with Crippen LogP contribution >= 0.6 is 11.6 Å². The molecule has 0 N–H and O–H groups in total. The summed E-state index contributed by atoms with van der Waals surface area (Å²) >= 11 is 5.52. The van der Waals surface area contributed by atoms with Crippen molar-refractivity contribution in [3.8, 4) is 17.7 Å². The normalized spacial score (nSPS) is 9.89. The Balaban J connectivity index is 2.32. The van der Waals surface area contributed by atoms with Crippen LogP contribution in [0, 0.1) is 23.0 Å². The first kappa shape index (κ1) is 12.3. The van der Waals surface area contributed by atoms with E-state index in [4.69, 9.17) is 21.6 Å². The van der Waals surface area contributed by atoms with Crippen LogP contribution in [-0.2, 0) is 0 Å². The Morgan fingerprint density at radius 3 is 2.61 bits per heavy atom. The van der Waals surface area contributed by atoms with Gasteiger partial charge in [0.25, 0.3) is 5.88 Å². The van der Waals surface area contributed by atoms with E-state index in [2.05, 4.69) is 4.98 Å². The van der Waals surface area contributed by atoms with Gasteiger partial charge in [-0.25, -0.2) is 13.8 Å². The molecule has 0 atom stereocenters. The molecular formula is C12H5ClF2N2O. The number of nitriles is 1. The van der Waals surface area contributed by atoms with Crippen LogP contribution in [-0.4, -0.2) is 4.98 Å². The van der Waals surface area contributed by atoms with Crippen molar-refractivity contribution in [1.29, 1.82) is 5.26 Å². The average Bonchev–Trinajstić information content (AvgIpc) is 2.34. The van der Waals surface area contributed by atoms with Crippen molar-refractivity contribution in [3.05, 3.63) is 52.7 Å². The molecule has 0 aliphatic carbocycles. The third kappa shape index (κ3) is 2.55. The van der Waals surface area contributed by atoms with Gasteiger partial charge < -0.3 is 4.74 Å². The topological polar surface area (TPSA) is 45.9 Å². The molecule has 0 spiro atoms. The molecule has 0 saturated heterocycles. The maximum absolute atomic E-state index is 13.5. The van der Waals surface area contributed by atoms with E-state index in [1.54, 1.807) is 6.07 Å². The molecule has 0 bridgehead atoms. The highest BCUT2D eigenvalue weighted by Gasteiger charge is 2.11. The summed E-state index contributed by atoms with van der Waals surface area (Å²) in [7, 11) is 0. The van der Waals surface area contributed by atoms with Crippen LogP contribution in [0.3, 0.4) is 0 Å². The summed E-state index contributed by atoms with van der Waals surface area (Å²) in [5, 5.41) is 8.68. The van der Waals surface area contributed by atoms with E-state index in [-0.39, 0.29) is 22.2 Å². The van der Waals surface area contributed by atoms with Crippen LogP contribution in [0.2, 0.25) is 5.02 Å². The van der Waals surface area contributed by atoms with Crippen LogP contribution in [0.25, 0.3) is 0 Å². The molecule has 1 heterocycles. The SMILES string of the molecule is N#Cc1ccc(Oc2ncc(Cl)cc2F)c(F)c1. The lowest BCUT2D eigenvalue weighted by Crippen LogP contribution is -1.94. The molecule has 2 rings (SSSR count). The lowest BCUT2D eigenvalue weighted by atomic mass is 10.2. The van der Waals surface area contributed by atoms with E-state index in [0.717, 1.165) is 12.1 Å². The standard InChI is InChI=1S/C12H5ClF2N2O/c13-8-4-10(15)12(17-6-8)18-11-2-1-7(5-16)3-9(11)14/h1-4,6H. The fraction of sp³-hybridized carbons (Fsp3) is 0. The van der Waals surface area contributed by atoms with Gasteiger partial charge in [0, 0.05) is 6.20 Å². The Kier molecular flexibility index (Phi) is 3.40. The van der Waals surface area contributed by atoms with Gasteiger partial charge in [-0.2, -0.15) is 5.26 Å². The second kappa shape index (κ2) is 4.98. The fourth-order valence-electron chi connectivity index (χ4n) is 1.23. The molecule has 0 amide bonds. The van der Waals surface area contributed by atoms with Gasteiger partial charge >= 0.3 is 0 Å². The third-order valence-corrected chi connectivity index (χ3v) is 2.25. The second-order valence-electron chi connectivity index (χ2n) is 3.30. The number of pyridine rings is 1. The van der Waals surface area contributed by atoms with Crippen LogP contribution in [0.4, 0.5) is 8.78 Å². The van der Waals surface area contributed by atoms with Crippen molar-refractivity contribution in [2.45, 2.75) is 0 Å². The molecular weight excluding hydrogens is 262 g/mol. The Morgan fingerprint density at radius 2 is 2.00 bits per heavy atom. The van der Waals surface area contributed by atoms with Crippen molar-refractivity contribution < 1.29 is 13.5 Å². The molecule has 2 aromatic rings. The monoisotopic (exact) mass is 266 g/mol. The quantitative estimate of drug-likeness (QED) is 0.833. The van der Waals surface area contributed by atoms with E-state index in [9.17, 15) is 8.78 Å². The van der Waals surface area contributed by atoms with Crippen molar-refractivity contribution in [2.24, 2.45) is 0 Å². The number of aromatic nitrogens is 1. The largest absolute Gasteiger partial charge is 0.433 e. The molecule has 0 radical (unpaired) electrons. The summed E-state index contributed by atoms with van der Waals surface area (Å²) in [6.07, 6.45) is 1.18. The van der Waals surface area contributed by atoms with Crippen LogP contribution < -0.4 is 4.74 Å². The summed E-state index contributed by atoms with van der Waals surface area (Å²) in [4.78, 5) is 3.60. The van der Waals surface area contributed by atoms with Crippen LogP contribution in [0.15, 0.2) is 30.5 Å². The van der Waals surface area contributed by atoms with E-state index in [1.807, 2.05) is 0 Å². The lowest BCUT2D eigenvalue weighted by molar-refractivity contribution is 0.398. The molecule has 0 aliphatic rings. The summed E-state index contributed by atoms with van der Waals surface area (Å²) in [6, 6.07) is 6.35. The molecule has 0 aliphatic heterocycles. The molecule has 0 unspecified atom stereocenters. The number of rotatable bonds is 2. The van der Waals surface area contributed by atoms with Crippen molar-refractivity contribution >= 4 is 11.6 Å². The maximum Gasteiger partial charge on any atom is 0.256 e. The number of benzene rings is 1. The van der Waals surface area contributed by atoms with Gasteiger partial charge in [-0.1, -0.05) is 11.6 Å². The predicted octanol–water partition coefficient (Wildman–Crippen LogP) is 3.68. The second-order valence-corrected chi connectivity index (χ2v) is 3.74. The van der Waals surface area contributed by atoms with Crippen molar-refractivity contribution in [2.75, 3.05) is 0 Å². The number of hydrogen-bond acceptors (Lipinski definition) is 3. The average molecular weight is 267 g/mol. The number of nitrogens with zero attached hydrogens (tertiary/aromatic N) is 2. The zero-order valence-corrected chi connectivity index (χ0v) is 9.58. The van der Waals surface area contributed by atoms with Crippen LogP contribution in [0.5, 0.6) is 11.6 Å². The Labute approximate surface area is 106 Å². The number of ether oxygens (including phenoxy) is 1. The van der Waals surface area contributed by atoms with E-state index >= 15 is 0 Å². The molecule has 1 aromatic carbocycles. The summed E-state index contributed by atoms with van der Waals surface area (Å²) < 4.78 is 31.8. The molecule has 3 nitrogen and oxygen atoms in total. The van der Waals surface area contributed by atoms with Crippen molar-refractivity contribution in [3.63, 3.8) is 0 Å². The molecule has 6 heteroatoms. The minimum Gasteiger partial charge on any atom is -0.433 e. The predicted molar refractivity (Wildman–Crippen MR) is 60.4 cm³/mol. The molecule has 0 saturated carbocycles. The van der Waals surface area contributed by atoms with Gasteiger partial charge in [0.05, 0.1) is 16.7 Å². The highest BCUT2D eigenvalue weighted by atomic mass is 35.5. The van der Waals surface area contributed by atoms with Gasteiger partial charge in [-0.15, -0.1) is 0 Å². The lowest BCUT2D eigenvalue weighted by Gasteiger charge is -2.06. The Hall–Kier alpha value is -2.19. The van der Waals surface area contributed by atoms with E-state index in [0.29, 0.717) is 0 Å². The first-order valence-electron chi connectivity index (χ1n) is 4.78. The first-order chi connectivity index (χ1) is 8.60. The maximum atomic E-state index is 13.5. The smallest absolute Gasteiger partial charge is 0.256 e. The third-order valence-electron chi connectivity index (χ3n) is 2.04. The zero-order valence-electron chi connectivity index (χ0n) is 8.82. The van der Waals surface area contributed by atoms with Gasteiger partial charge in [0.1, 0.15) is 0 Å². The molecule has 1 aromatic heterocycles. The minimum atomic E-state index is -0.800. The first-order valence-corrected chi connectivity index (χ1v) is 5.16. The summed E-state index contributed by atoms with van der Waals surface area (Å²) in [5.41, 5.74) is 0.143. The van der Waals surface area contributed by atoms with E-state index in [1.165, 1.54) is 18.3 Å². The van der Waals surface area contributed by atoms with Gasteiger partial charge in [0.2, 0.25) is 0 Å². The zero-order chi connectivity index (χ0) is 13.1. The van der Waals surface area contributed by atoms with Crippen molar-refractivity contribution in [1.82, 2.24) is 4.98 Å². The highest BCUT2D eigenvalue weighted by molar-refractivity contribution is 6.30. The number of hydrogen-bond donors (Lipinski definition) is 0. The van der Waals surface area contributed by atoms with Gasteiger partial charge in [-0.3, -0.25) is 0 Å². The molecule has 0 fully saturated rings. The van der Waals surface area contributed by atoms with Gasteiger partial charge in [0.15, 0.2) is 17.4 Å². The Bertz CT molecular complexity index is 640. The highest BCUT2D eigenvalue weighted by Crippen LogP contribution is 2.26. The number of halogens is 3.